The van der Waals surface area contributed by atoms with Crippen molar-refractivity contribution < 1.29 is 22.4 Å². The van der Waals surface area contributed by atoms with Crippen LogP contribution < -0.4 is 5.73 Å². The molecular weight excluding hydrogens is 296 g/mol. The van der Waals surface area contributed by atoms with Crippen molar-refractivity contribution >= 4 is 28.4 Å². The van der Waals surface area contributed by atoms with E-state index in [1.165, 1.54) is 14.2 Å². The van der Waals surface area contributed by atoms with Crippen molar-refractivity contribution in [1.82, 2.24) is 4.31 Å². The molecule has 0 aromatic carbocycles. The average Bonchev–Trinajstić information content (AvgIpc) is 2.86. The van der Waals surface area contributed by atoms with Gasteiger partial charge in [0.15, 0.2) is 0 Å². The third kappa shape index (κ3) is 3.69. The molecule has 2 N–H and O–H groups in total. The normalized spacial score (nSPS) is 12.9. The zero-order chi connectivity index (χ0) is 13.9. The summed E-state index contributed by atoms with van der Waals surface area (Å²) in [6.45, 7) is 1.85. The summed E-state index contributed by atoms with van der Waals surface area (Å²) in [7, 11) is -1.20. The highest BCUT2D eigenvalue weighted by Gasteiger charge is 2.28. The van der Waals surface area contributed by atoms with Gasteiger partial charge in [0.05, 0.1) is 12.7 Å². The highest BCUT2D eigenvalue weighted by Crippen LogP contribution is 2.19. The van der Waals surface area contributed by atoms with Gasteiger partial charge in [-0.05, 0) is 6.92 Å². The number of hydrogen-bond acceptors (Lipinski definition) is 6. The molecule has 1 aromatic heterocycles. The van der Waals surface area contributed by atoms with E-state index in [9.17, 15) is 13.2 Å². The van der Waals surface area contributed by atoms with Crippen molar-refractivity contribution in [3.63, 3.8) is 0 Å². The Labute approximate surface area is 118 Å². The van der Waals surface area contributed by atoms with E-state index in [1.54, 1.807) is 6.92 Å². The van der Waals surface area contributed by atoms with Crippen molar-refractivity contribution in [2.45, 2.75) is 18.1 Å². The van der Waals surface area contributed by atoms with Crippen molar-refractivity contribution in [2.24, 2.45) is 5.73 Å². The molecule has 0 saturated heterocycles. The molecule has 110 valence electrons. The number of hydrogen-bond donors (Lipinski definition) is 1. The number of carbonyl (C=O) groups excluding carboxylic acids is 1. The van der Waals surface area contributed by atoms with Crippen LogP contribution in [0.4, 0.5) is 0 Å². The summed E-state index contributed by atoms with van der Waals surface area (Å²) in [5, 5.41) is -0.314. The van der Waals surface area contributed by atoms with Crippen LogP contribution in [0.1, 0.15) is 17.3 Å². The van der Waals surface area contributed by atoms with Crippen molar-refractivity contribution in [1.29, 1.82) is 0 Å². The Morgan fingerprint density at radius 2 is 2.16 bits per heavy atom. The Morgan fingerprint density at radius 3 is 2.63 bits per heavy atom. The molecule has 1 atom stereocenters. The summed E-state index contributed by atoms with van der Waals surface area (Å²) in [6.07, 6.45) is 1.04. The van der Waals surface area contributed by atoms with E-state index in [4.69, 9.17) is 10.2 Å². The van der Waals surface area contributed by atoms with Gasteiger partial charge in [0, 0.05) is 25.7 Å². The highest BCUT2D eigenvalue weighted by molar-refractivity contribution is 7.89. The lowest BCUT2D eigenvalue weighted by Gasteiger charge is -2.21. The van der Waals surface area contributed by atoms with E-state index in [1.807, 2.05) is 0 Å². The van der Waals surface area contributed by atoms with Crippen LogP contribution >= 0.6 is 12.4 Å². The maximum atomic E-state index is 12.1. The number of rotatable bonds is 5. The smallest absolute Gasteiger partial charge is 0.341 e. The predicted molar refractivity (Wildman–Crippen MR) is 70.8 cm³/mol. The van der Waals surface area contributed by atoms with Crippen LogP contribution in [0, 0.1) is 0 Å². The minimum absolute atomic E-state index is 0. The highest BCUT2D eigenvalue weighted by atomic mass is 35.5. The first-order valence-electron chi connectivity index (χ1n) is 5.19. The molecule has 0 radical (unpaired) electrons. The van der Waals surface area contributed by atoms with Gasteiger partial charge in [-0.2, -0.15) is 4.31 Å². The second-order valence-corrected chi connectivity index (χ2v) is 5.68. The summed E-state index contributed by atoms with van der Waals surface area (Å²) < 4.78 is 34.6. The maximum absolute atomic E-state index is 12.1. The van der Waals surface area contributed by atoms with Crippen LogP contribution in [0.15, 0.2) is 21.8 Å². The lowest BCUT2D eigenvalue weighted by atomic mass is 10.3. The van der Waals surface area contributed by atoms with Gasteiger partial charge in [-0.1, -0.05) is 0 Å². The molecule has 7 nitrogen and oxygen atoms in total. The number of nitrogens with two attached hydrogens (primary N) is 1. The molecule has 0 aliphatic heterocycles. The third-order valence-corrected chi connectivity index (χ3v) is 4.43. The quantitative estimate of drug-likeness (QED) is 0.792. The second-order valence-electron chi connectivity index (χ2n) is 3.75. The number of ether oxygens (including phenoxy) is 1. The van der Waals surface area contributed by atoms with Crippen LogP contribution in [0.25, 0.3) is 0 Å². The molecule has 9 heteroatoms. The van der Waals surface area contributed by atoms with Gasteiger partial charge < -0.3 is 14.9 Å². The van der Waals surface area contributed by atoms with Crippen molar-refractivity contribution in [3.05, 3.63) is 17.9 Å². The molecule has 0 amide bonds. The Balaban J connectivity index is 0.00000324. The van der Waals surface area contributed by atoms with Crippen molar-refractivity contribution in [2.75, 3.05) is 20.7 Å². The number of methoxy groups -OCH3 is 1. The fraction of sp³-hybridized carbons (Fsp3) is 0.500. The summed E-state index contributed by atoms with van der Waals surface area (Å²) in [5.74, 6) is -0.658. The third-order valence-electron chi connectivity index (χ3n) is 2.59. The maximum Gasteiger partial charge on any atom is 0.341 e. The molecule has 0 saturated carbocycles. The van der Waals surface area contributed by atoms with Crippen molar-refractivity contribution in [3.8, 4) is 0 Å². The molecule has 1 heterocycles. The van der Waals surface area contributed by atoms with E-state index in [2.05, 4.69) is 4.74 Å². The van der Waals surface area contributed by atoms with Crippen LogP contribution in [-0.2, 0) is 14.8 Å². The first-order valence-corrected chi connectivity index (χ1v) is 6.63. The number of carbonyl (C=O) groups is 1. The first-order chi connectivity index (χ1) is 8.34. The van der Waals surface area contributed by atoms with Gasteiger partial charge in [-0.15, -0.1) is 12.4 Å². The summed E-state index contributed by atoms with van der Waals surface area (Å²) >= 11 is 0. The minimum Gasteiger partial charge on any atom is -0.465 e. The Kier molecular flexibility index (Phi) is 6.50. The van der Waals surface area contributed by atoms with Crippen LogP contribution in [0.3, 0.4) is 0 Å². The SMILES string of the molecule is COC(=O)c1coc(S(=O)(=O)N(C)C(C)CN)c1.Cl. The summed E-state index contributed by atoms with van der Waals surface area (Å²) in [6, 6.07) is 0.752. The number of sulfonamides is 1. The van der Waals surface area contributed by atoms with E-state index < -0.39 is 16.0 Å². The zero-order valence-electron chi connectivity index (χ0n) is 10.8. The summed E-state index contributed by atoms with van der Waals surface area (Å²) in [4.78, 5) is 11.2. The number of esters is 1. The van der Waals surface area contributed by atoms with E-state index in [-0.39, 0.29) is 35.6 Å². The molecule has 19 heavy (non-hydrogen) atoms. The minimum atomic E-state index is -3.79. The summed E-state index contributed by atoms with van der Waals surface area (Å²) in [5.41, 5.74) is 5.46. The van der Waals surface area contributed by atoms with Gasteiger partial charge in [-0.3, -0.25) is 0 Å². The molecule has 0 bridgehead atoms. The lowest BCUT2D eigenvalue weighted by Crippen LogP contribution is -2.39. The standard InChI is InChI=1S/C10H16N2O5S.ClH/c1-7(5-11)12(2)18(14,15)9-4-8(6-17-9)10(13)16-3;/h4,6-7H,5,11H2,1-3H3;1H. The van der Waals surface area contributed by atoms with E-state index in [0.29, 0.717) is 0 Å². The molecule has 1 rings (SSSR count). The Bertz CT molecular complexity index is 528. The lowest BCUT2D eigenvalue weighted by molar-refractivity contribution is 0.0600. The number of likely N-dealkylation sites (N-methyl/N-ethyl adjacent to an activating group) is 1. The van der Waals surface area contributed by atoms with Gasteiger partial charge in [0.2, 0.25) is 5.09 Å². The van der Waals surface area contributed by atoms with Gasteiger partial charge in [-0.25, -0.2) is 13.2 Å². The fourth-order valence-electron chi connectivity index (χ4n) is 1.20. The van der Waals surface area contributed by atoms with Gasteiger partial charge >= 0.3 is 5.97 Å². The first kappa shape index (κ1) is 17.9. The number of halogens is 1. The molecule has 0 spiro atoms. The molecule has 0 aliphatic carbocycles. The topological polar surface area (TPSA) is 103 Å². The largest absolute Gasteiger partial charge is 0.465 e. The van der Waals surface area contributed by atoms with Crippen LogP contribution in [0.2, 0.25) is 0 Å². The molecule has 1 aromatic rings. The monoisotopic (exact) mass is 312 g/mol. The number of nitrogens with zero attached hydrogens (tertiary/aromatic N) is 1. The van der Waals surface area contributed by atoms with Gasteiger partial charge in [0.25, 0.3) is 10.0 Å². The Morgan fingerprint density at radius 1 is 1.58 bits per heavy atom. The fourth-order valence-corrected chi connectivity index (χ4v) is 2.49. The molecule has 0 fully saturated rings. The number of furan rings is 1. The predicted octanol–water partition coefficient (Wildman–Crippen LogP) is 0.456. The molecule has 0 aliphatic rings. The van der Waals surface area contributed by atoms with Crippen LogP contribution in [-0.4, -0.2) is 45.4 Å². The Hall–Kier alpha value is -1.09. The van der Waals surface area contributed by atoms with Crippen LogP contribution in [0.5, 0.6) is 0 Å². The zero-order valence-corrected chi connectivity index (χ0v) is 12.5. The molecule has 1 unspecified atom stereocenters. The average molecular weight is 313 g/mol. The van der Waals surface area contributed by atoms with E-state index in [0.717, 1.165) is 16.6 Å². The van der Waals surface area contributed by atoms with E-state index >= 15 is 0 Å². The molecular formula is C10H17ClN2O5S. The second kappa shape index (κ2) is 6.90. The van der Waals surface area contributed by atoms with Gasteiger partial charge in [0.1, 0.15) is 6.26 Å².